The SMILES string of the molecule is CCNc1cc(F)c(C)c2c1[nH]c1ncc(-c3cncc(C#N)c3)c(N3CCC(CN)C3)c12. The predicted molar refractivity (Wildman–Crippen MR) is 130 cm³/mol. The van der Waals surface area contributed by atoms with E-state index in [2.05, 4.69) is 26.3 Å². The molecule has 1 aliphatic heterocycles. The second kappa shape index (κ2) is 8.34. The van der Waals surface area contributed by atoms with Crippen molar-refractivity contribution in [1.82, 2.24) is 15.0 Å². The largest absolute Gasteiger partial charge is 0.384 e. The topological polar surface area (TPSA) is 107 Å². The van der Waals surface area contributed by atoms with Gasteiger partial charge in [-0.3, -0.25) is 4.98 Å². The van der Waals surface area contributed by atoms with Crippen LogP contribution in [0.25, 0.3) is 33.1 Å². The van der Waals surface area contributed by atoms with Crippen LogP contribution in [-0.2, 0) is 0 Å². The Balaban J connectivity index is 1.87. The average molecular weight is 444 g/mol. The maximum absolute atomic E-state index is 15.0. The van der Waals surface area contributed by atoms with Gasteiger partial charge >= 0.3 is 0 Å². The van der Waals surface area contributed by atoms with Crippen LogP contribution in [0.2, 0.25) is 0 Å². The van der Waals surface area contributed by atoms with Crippen molar-refractivity contribution in [3.63, 3.8) is 0 Å². The zero-order valence-corrected chi connectivity index (χ0v) is 18.7. The van der Waals surface area contributed by atoms with Crippen LogP contribution in [0.5, 0.6) is 0 Å². The van der Waals surface area contributed by atoms with Crippen LogP contribution >= 0.6 is 0 Å². The minimum absolute atomic E-state index is 0.259. The molecule has 4 aromatic rings. The van der Waals surface area contributed by atoms with Gasteiger partial charge in [-0.05, 0) is 50.4 Å². The highest BCUT2D eigenvalue weighted by Crippen LogP contribution is 2.44. The summed E-state index contributed by atoms with van der Waals surface area (Å²) < 4.78 is 15.0. The Morgan fingerprint density at radius 3 is 2.88 bits per heavy atom. The van der Waals surface area contributed by atoms with Gasteiger partial charge in [0.1, 0.15) is 17.5 Å². The second-order valence-corrected chi connectivity index (χ2v) is 8.59. The number of benzene rings is 1. The lowest BCUT2D eigenvalue weighted by molar-refractivity contribution is 0.603. The van der Waals surface area contributed by atoms with E-state index < -0.39 is 0 Å². The van der Waals surface area contributed by atoms with Crippen LogP contribution in [0.4, 0.5) is 15.8 Å². The van der Waals surface area contributed by atoms with E-state index in [1.807, 2.05) is 26.1 Å². The molecule has 0 saturated carbocycles. The fourth-order valence-corrected chi connectivity index (χ4v) is 4.89. The fourth-order valence-electron chi connectivity index (χ4n) is 4.89. The molecule has 8 heteroatoms. The summed E-state index contributed by atoms with van der Waals surface area (Å²) in [6, 6.07) is 5.53. The molecule has 1 atom stereocenters. The summed E-state index contributed by atoms with van der Waals surface area (Å²) in [5.74, 6) is 0.134. The highest BCUT2D eigenvalue weighted by molar-refractivity contribution is 6.19. The van der Waals surface area contributed by atoms with Crippen molar-refractivity contribution >= 4 is 33.3 Å². The van der Waals surface area contributed by atoms with Crippen molar-refractivity contribution in [2.45, 2.75) is 20.3 Å². The molecule has 1 aromatic carbocycles. The van der Waals surface area contributed by atoms with Gasteiger partial charge in [0.15, 0.2) is 0 Å². The molecule has 0 spiro atoms. The average Bonchev–Trinajstić information content (AvgIpc) is 3.47. The van der Waals surface area contributed by atoms with Crippen LogP contribution in [0.15, 0.2) is 30.7 Å². The molecule has 7 nitrogen and oxygen atoms in total. The number of aromatic amines is 1. The zero-order valence-electron chi connectivity index (χ0n) is 18.7. The maximum atomic E-state index is 15.0. The van der Waals surface area contributed by atoms with E-state index in [1.54, 1.807) is 12.4 Å². The molecule has 0 radical (unpaired) electrons. The van der Waals surface area contributed by atoms with Gasteiger partial charge in [0.25, 0.3) is 0 Å². The first-order valence-corrected chi connectivity index (χ1v) is 11.2. The zero-order chi connectivity index (χ0) is 23.1. The third-order valence-electron chi connectivity index (χ3n) is 6.55. The maximum Gasteiger partial charge on any atom is 0.140 e. The van der Waals surface area contributed by atoms with Crippen LogP contribution in [0, 0.1) is 30.0 Å². The Kier molecular flexibility index (Phi) is 5.35. The first-order chi connectivity index (χ1) is 16.0. The number of nitrogens with one attached hydrogen (secondary N) is 2. The lowest BCUT2D eigenvalue weighted by Gasteiger charge is -2.23. The Bertz CT molecular complexity index is 1400. The number of aryl methyl sites for hydroxylation is 1. The van der Waals surface area contributed by atoms with Crippen LogP contribution in [0.3, 0.4) is 0 Å². The molecular weight excluding hydrogens is 417 g/mol. The molecule has 1 unspecified atom stereocenters. The van der Waals surface area contributed by atoms with E-state index in [0.29, 0.717) is 35.8 Å². The molecule has 168 valence electrons. The van der Waals surface area contributed by atoms with E-state index in [4.69, 9.17) is 10.7 Å². The van der Waals surface area contributed by atoms with Gasteiger partial charge in [0, 0.05) is 54.7 Å². The van der Waals surface area contributed by atoms with Gasteiger partial charge in [0.2, 0.25) is 0 Å². The first-order valence-electron chi connectivity index (χ1n) is 11.2. The van der Waals surface area contributed by atoms with E-state index >= 15 is 4.39 Å². The summed E-state index contributed by atoms with van der Waals surface area (Å²) in [4.78, 5) is 14.7. The number of hydrogen-bond acceptors (Lipinski definition) is 6. The molecule has 4 N–H and O–H groups in total. The van der Waals surface area contributed by atoms with Crippen molar-refractivity contribution < 1.29 is 4.39 Å². The van der Waals surface area contributed by atoms with Gasteiger partial charge in [-0.25, -0.2) is 9.37 Å². The normalized spacial score (nSPS) is 16.0. The summed E-state index contributed by atoms with van der Waals surface area (Å²) >= 11 is 0. The molecule has 1 saturated heterocycles. The summed E-state index contributed by atoms with van der Waals surface area (Å²) in [5.41, 5.74) is 12.0. The number of halogens is 1. The quantitative estimate of drug-likeness (QED) is 0.424. The third kappa shape index (κ3) is 3.45. The lowest BCUT2D eigenvalue weighted by Crippen LogP contribution is -2.23. The van der Waals surface area contributed by atoms with Crippen LogP contribution in [-0.4, -0.2) is 41.1 Å². The molecule has 5 rings (SSSR count). The van der Waals surface area contributed by atoms with Crippen molar-refractivity contribution in [1.29, 1.82) is 5.26 Å². The molecule has 1 aliphatic rings. The minimum Gasteiger partial charge on any atom is -0.384 e. The smallest absolute Gasteiger partial charge is 0.140 e. The summed E-state index contributed by atoms with van der Waals surface area (Å²) in [7, 11) is 0. The highest BCUT2D eigenvalue weighted by Gasteiger charge is 2.28. The number of fused-ring (bicyclic) bond motifs is 3. The predicted octanol–water partition coefficient (Wildman–Crippen LogP) is 4.31. The van der Waals surface area contributed by atoms with E-state index in [9.17, 15) is 5.26 Å². The number of hydrogen-bond donors (Lipinski definition) is 3. The number of nitriles is 1. The molecule has 0 amide bonds. The van der Waals surface area contributed by atoms with Gasteiger partial charge in [-0.2, -0.15) is 5.26 Å². The summed E-state index contributed by atoms with van der Waals surface area (Å²) in [6.07, 6.45) is 6.10. The number of nitrogens with zero attached hydrogens (tertiary/aromatic N) is 4. The number of nitrogens with two attached hydrogens (primary N) is 1. The molecule has 33 heavy (non-hydrogen) atoms. The van der Waals surface area contributed by atoms with Crippen molar-refractivity contribution in [3.05, 3.63) is 47.7 Å². The number of H-pyrrole nitrogens is 1. The summed E-state index contributed by atoms with van der Waals surface area (Å²) in [5, 5.41) is 14.4. The minimum atomic E-state index is -0.259. The molecular formula is C25H26FN7. The van der Waals surface area contributed by atoms with Crippen molar-refractivity contribution in [3.8, 4) is 17.2 Å². The third-order valence-corrected chi connectivity index (χ3v) is 6.55. The number of anilines is 2. The van der Waals surface area contributed by atoms with Crippen molar-refractivity contribution in [2.24, 2.45) is 11.7 Å². The second-order valence-electron chi connectivity index (χ2n) is 8.59. The molecule has 1 fully saturated rings. The van der Waals surface area contributed by atoms with E-state index in [0.717, 1.165) is 58.3 Å². The van der Waals surface area contributed by atoms with Crippen LogP contribution in [0.1, 0.15) is 24.5 Å². The molecule has 0 bridgehead atoms. The Labute approximate surface area is 191 Å². The number of aromatic nitrogens is 3. The van der Waals surface area contributed by atoms with Gasteiger partial charge in [0.05, 0.1) is 27.8 Å². The Morgan fingerprint density at radius 2 is 2.15 bits per heavy atom. The molecule has 3 aromatic heterocycles. The van der Waals surface area contributed by atoms with Gasteiger partial charge in [-0.1, -0.05) is 0 Å². The van der Waals surface area contributed by atoms with E-state index in [-0.39, 0.29) is 5.82 Å². The standard InChI is InChI=1S/C25H26FN7/c1-3-30-20-7-19(26)14(2)21-22-24(33-5-4-15(8-27)13-33)18(12-31-25(22)32-23(20)21)17-6-16(9-28)10-29-11-17/h6-7,10-12,15,30H,3-5,8,13,27H2,1-2H3,(H,31,32). The van der Waals surface area contributed by atoms with Crippen LogP contribution < -0.4 is 16.0 Å². The highest BCUT2D eigenvalue weighted by atomic mass is 19.1. The number of rotatable bonds is 5. The summed E-state index contributed by atoms with van der Waals surface area (Å²) in [6.45, 7) is 6.75. The molecule has 0 aliphatic carbocycles. The van der Waals surface area contributed by atoms with Gasteiger partial charge in [-0.15, -0.1) is 0 Å². The fraction of sp³-hybridized carbons (Fsp3) is 0.320. The van der Waals surface area contributed by atoms with Gasteiger partial charge < -0.3 is 20.9 Å². The van der Waals surface area contributed by atoms with Crippen molar-refractivity contribution in [2.75, 3.05) is 36.4 Å². The lowest BCUT2D eigenvalue weighted by atomic mass is 9.99. The van der Waals surface area contributed by atoms with E-state index in [1.165, 1.54) is 6.07 Å². The Morgan fingerprint density at radius 1 is 1.30 bits per heavy atom. The number of pyridine rings is 2. The monoisotopic (exact) mass is 443 g/mol. The molecule has 4 heterocycles. The first kappa shape index (κ1) is 21.2. The Hall–Kier alpha value is -3.70.